The molecule has 10 amide bonds. The van der Waals surface area contributed by atoms with E-state index in [4.69, 9.17) is 53.3 Å². The fourth-order valence-electron chi connectivity index (χ4n) is 9.77. The molecule has 0 fully saturated rings. The Bertz CT molecular complexity index is 3210. The van der Waals surface area contributed by atoms with Crippen LogP contribution in [0.2, 0.25) is 0 Å². The maximum atomic E-state index is 14.4. The second-order valence-electron chi connectivity index (χ2n) is 21.9. The van der Waals surface area contributed by atoms with Crippen LogP contribution in [0.25, 0.3) is 0 Å². The van der Waals surface area contributed by atoms with Gasteiger partial charge in [0.05, 0.1) is 56.7 Å². The zero-order valence-corrected chi connectivity index (χ0v) is 53.8. The van der Waals surface area contributed by atoms with Crippen LogP contribution in [0.15, 0.2) is 72.8 Å². The van der Waals surface area contributed by atoms with Crippen molar-refractivity contribution in [2.24, 2.45) is 34.4 Å². The first-order chi connectivity index (χ1) is 45.1. The largest absolute Gasteiger partial charge is 0.496 e. The van der Waals surface area contributed by atoms with Crippen LogP contribution in [0.4, 0.5) is 27.5 Å². The lowest BCUT2D eigenvalue weighted by atomic mass is 10.0. The second kappa shape index (κ2) is 41.1. The Hall–Kier alpha value is -9.62. The number of anilines is 4. The van der Waals surface area contributed by atoms with Crippen molar-refractivity contribution >= 4 is 82.0 Å². The van der Waals surface area contributed by atoms with Crippen LogP contribution in [0.5, 0.6) is 23.0 Å². The molecule has 0 aliphatic heterocycles. The van der Waals surface area contributed by atoms with Gasteiger partial charge in [-0.05, 0) is 170 Å². The highest BCUT2D eigenvalue weighted by Gasteiger charge is 2.30. The van der Waals surface area contributed by atoms with E-state index in [0.717, 1.165) is 0 Å². The van der Waals surface area contributed by atoms with Gasteiger partial charge in [-0.25, -0.2) is 9.59 Å². The molecule has 4 aromatic rings. The topological polar surface area (TPSA) is 492 Å². The summed E-state index contributed by atoms with van der Waals surface area (Å²) < 4.78 is 22.0. The number of carbonyl (C=O) groups is 10. The number of primary amides is 1. The van der Waals surface area contributed by atoms with Gasteiger partial charge in [0.2, 0.25) is 23.6 Å². The number of nitrogens with two attached hydrogens (primary N) is 6. The van der Waals surface area contributed by atoms with Gasteiger partial charge in [-0.3, -0.25) is 38.4 Å². The molecule has 514 valence electrons. The number of unbranched alkanes of at least 4 members (excludes halogenated alkanes) is 6. The molecule has 0 spiro atoms. The molecule has 30 heteroatoms. The lowest BCUT2D eigenvalue weighted by Gasteiger charge is -2.22. The predicted octanol–water partition coefficient (Wildman–Crippen LogP) is 3.13. The van der Waals surface area contributed by atoms with Crippen molar-refractivity contribution in [3.05, 3.63) is 95.1 Å². The van der Waals surface area contributed by atoms with Crippen molar-refractivity contribution in [3.63, 3.8) is 0 Å². The van der Waals surface area contributed by atoms with E-state index in [1.165, 1.54) is 95.2 Å². The van der Waals surface area contributed by atoms with Gasteiger partial charge in [-0.1, -0.05) is 32.1 Å². The molecule has 4 rings (SSSR count). The van der Waals surface area contributed by atoms with Crippen molar-refractivity contribution in [1.29, 1.82) is 0 Å². The fraction of sp³-hybridized carbons (Fsp3) is 0.469. The van der Waals surface area contributed by atoms with Crippen molar-refractivity contribution in [2.75, 3.05) is 82.4 Å². The highest BCUT2D eigenvalue weighted by atomic mass is 16.5. The highest BCUT2D eigenvalue weighted by molar-refractivity contribution is 6.08. The second-order valence-corrected chi connectivity index (χ2v) is 21.9. The van der Waals surface area contributed by atoms with E-state index >= 15 is 0 Å². The normalized spacial score (nSPS) is 12.4. The van der Waals surface area contributed by atoms with Crippen molar-refractivity contribution < 1.29 is 72.0 Å². The number of aliphatic carboxylic acids is 1. The maximum Gasteiger partial charge on any atom is 0.326 e. The minimum Gasteiger partial charge on any atom is -0.496 e. The average Bonchev–Trinajstić information content (AvgIpc) is 0.865. The average molecular weight is 1310 g/mol. The molecule has 0 aliphatic rings. The number of amides is 10. The molecule has 5 atom stereocenters. The van der Waals surface area contributed by atoms with Gasteiger partial charge in [-0.15, -0.1) is 0 Å². The summed E-state index contributed by atoms with van der Waals surface area (Å²) in [6.45, 7) is 1.62. The quantitative estimate of drug-likeness (QED) is 0.0283. The van der Waals surface area contributed by atoms with Crippen LogP contribution in [-0.2, 0) is 24.0 Å². The molecular formula is C64H93N15O15. The van der Waals surface area contributed by atoms with Gasteiger partial charge >= 0.3 is 12.0 Å². The smallest absolute Gasteiger partial charge is 0.326 e. The van der Waals surface area contributed by atoms with Crippen LogP contribution < -0.4 is 101 Å². The molecular weight excluding hydrogens is 1220 g/mol. The van der Waals surface area contributed by atoms with E-state index in [0.29, 0.717) is 90.3 Å². The number of carboxylic acids is 1. The number of rotatable bonds is 43. The van der Waals surface area contributed by atoms with E-state index < -0.39 is 89.5 Å². The number of hydrogen-bond acceptors (Lipinski definition) is 19. The number of hydrogen-bond donors (Lipinski definition) is 16. The third kappa shape index (κ3) is 25.1. The zero-order chi connectivity index (χ0) is 69.1. The van der Waals surface area contributed by atoms with Crippen LogP contribution in [0.1, 0.15) is 144 Å². The SMILES string of the molecule is COc1ccc(NC(=O)[C@H](CCCCN)NC(=O)c2cc(NC(=O)[C@H](CCCCCN)NC(=O)c3cc(NC(=O)[C@H](CCCCCN)NC(=O)c4cc(NC(=O)[C@@H](N)CCCCN)ccc4OC)ccc3OC)ccc2OC)cc1C(=O)N[C@@H](CCCNC(N)=O)C(=O)O. The van der Waals surface area contributed by atoms with Gasteiger partial charge < -0.3 is 106 Å². The molecule has 0 aromatic heterocycles. The summed E-state index contributed by atoms with van der Waals surface area (Å²) in [5.74, 6) is -6.48. The molecule has 30 nitrogen and oxygen atoms in total. The Morgan fingerprint density at radius 3 is 0.957 bits per heavy atom. The van der Waals surface area contributed by atoms with Crippen molar-refractivity contribution in [3.8, 4) is 23.0 Å². The third-order valence-corrected chi connectivity index (χ3v) is 14.9. The van der Waals surface area contributed by atoms with Gasteiger partial charge in [0, 0.05) is 29.3 Å². The molecule has 0 saturated carbocycles. The molecule has 0 radical (unpaired) electrons. The van der Waals surface area contributed by atoms with Crippen LogP contribution in [-0.4, -0.2) is 156 Å². The van der Waals surface area contributed by atoms with Crippen LogP contribution in [0, 0.1) is 0 Å². The third-order valence-electron chi connectivity index (χ3n) is 14.9. The molecule has 0 heterocycles. The molecule has 94 heavy (non-hydrogen) atoms. The summed E-state index contributed by atoms with van der Waals surface area (Å²) in [5, 5.41) is 34.0. The highest BCUT2D eigenvalue weighted by Crippen LogP contribution is 2.29. The van der Waals surface area contributed by atoms with Crippen LogP contribution in [0.3, 0.4) is 0 Å². The molecule has 0 aliphatic carbocycles. The van der Waals surface area contributed by atoms with E-state index in [2.05, 4.69) is 47.9 Å². The minimum absolute atomic E-state index is 0.0263. The number of urea groups is 1. The number of carboxylic acid groups (broad SMARTS) is 1. The number of benzene rings is 4. The number of ether oxygens (including phenoxy) is 4. The molecule has 0 saturated heterocycles. The van der Waals surface area contributed by atoms with Gasteiger partial charge in [0.25, 0.3) is 23.6 Å². The first-order valence-corrected chi connectivity index (χ1v) is 31.2. The fourth-order valence-corrected chi connectivity index (χ4v) is 9.77. The monoisotopic (exact) mass is 1310 g/mol. The van der Waals surface area contributed by atoms with E-state index in [1.807, 2.05) is 0 Å². The molecule has 4 aromatic carbocycles. The first-order valence-electron chi connectivity index (χ1n) is 31.2. The number of carbonyl (C=O) groups excluding carboxylic acids is 9. The van der Waals surface area contributed by atoms with Crippen molar-refractivity contribution in [1.82, 2.24) is 26.6 Å². The lowest BCUT2D eigenvalue weighted by Crippen LogP contribution is -2.44. The lowest BCUT2D eigenvalue weighted by molar-refractivity contribution is -0.139. The summed E-state index contributed by atoms with van der Waals surface area (Å²) in [6, 6.07) is 10.7. The Morgan fingerprint density at radius 1 is 0.383 bits per heavy atom. The first kappa shape index (κ1) is 76.8. The summed E-state index contributed by atoms with van der Waals surface area (Å²) in [6.07, 6.45) is 6.70. The maximum absolute atomic E-state index is 14.4. The summed E-state index contributed by atoms with van der Waals surface area (Å²) in [4.78, 5) is 135. The summed E-state index contributed by atoms with van der Waals surface area (Å²) in [5.41, 5.74) is 34.5. The van der Waals surface area contributed by atoms with Gasteiger partial charge in [0.1, 0.15) is 47.2 Å². The zero-order valence-electron chi connectivity index (χ0n) is 53.8. The summed E-state index contributed by atoms with van der Waals surface area (Å²) >= 11 is 0. The van der Waals surface area contributed by atoms with Gasteiger partial charge in [-0.2, -0.15) is 0 Å². The van der Waals surface area contributed by atoms with Crippen LogP contribution >= 0.6 is 0 Å². The molecule has 22 N–H and O–H groups in total. The van der Waals surface area contributed by atoms with E-state index in [-0.39, 0.29) is 113 Å². The number of nitrogens with one attached hydrogen (secondary N) is 9. The summed E-state index contributed by atoms with van der Waals surface area (Å²) in [7, 11) is 5.34. The Kier molecular flexibility index (Phi) is 33.6. The Labute approximate surface area is 546 Å². The predicted molar refractivity (Wildman–Crippen MR) is 355 cm³/mol. The standard InChI is InChI=1S/C64H93N15O15/c1-91-51-25-21-38(72-59(84)46(69)16-9-13-31-67)34-42(51)55(80)76-47(17-7-5-11-29-65)60(85)73-39-22-26-52(92-2)43(35-39)56(81)77-48(18-8-6-12-30-66)61(86)74-40-23-27-53(93-3)44(36-40)57(82)78-49(19-10-14-32-68)62(87)75-41-24-28-54(94-4)45(37-41)58(83)79-50(63(88)89)20-15-33-71-64(70)90/h21-28,34-37,46-50H,5-20,29-33,65-69H2,1-4H3,(H,72,84)(H,73,85)(H,74,86)(H,75,87)(H,76,80)(H,77,81)(H,78,82)(H,79,83)(H,88,89)(H3,70,71,90)/t46-,47-,48-,49-,50-/m0/s1. The molecule has 0 unspecified atom stereocenters. The number of methoxy groups -OCH3 is 4. The van der Waals surface area contributed by atoms with Gasteiger partial charge in [0.15, 0.2) is 0 Å². The van der Waals surface area contributed by atoms with E-state index in [1.54, 1.807) is 6.07 Å². The van der Waals surface area contributed by atoms with Crippen molar-refractivity contribution in [2.45, 2.75) is 133 Å². The molecule has 0 bridgehead atoms. The Morgan fingerprint density at radius 2 is 0.660 bits per heavy atom. The van der Waals surface area contributed by atoms with E-state index in [9.17, 15) is 53.1 Å². The Balaban J connectivity index is 1.57. The minimum atomic E-state index is -1.36.